The second-order valence-electron chi connectivity index (χ2n) is 9.54. The van der Waals surface area contributed by atoms with Gasteiger partial charge in [-0.1, -0.05) is 25.3 Å². The van der Waals surface area contributed by atoms with Crippen molar-refractivity contribution in [3.8, 4) is 12.3 Å². The van der Waals surface area contributed by atoms with Crippen molar-refractivity contribution < 1.29 is 9.90 Å². The van der Waals surface area contributed by atoms with E-state index in [1.165, 1.54) is 5.57 Å². The SMILES string of the molecule is C#C[C@]1(O)CC[C@H]2[C@@H]3CCC4=CC(=O)C(CN)C[C@]4(C)[C@H]3CC[C@@]21C. The number of hydrogen-bond acceptors (Lipinski definition) is 3. The first-order valence-electron chi connectivity index (χ1n) is 9.94. The van der Waals surface area contributed by atoms with Crippen LogP contribution in [0.2, 0.25) is 0 Å². The predicted octanol–water partition coefficient (Wildman–Crippen LogP) is 3.07. The van der Waals surface area contributed by atoms with E-state index in [2.05, 4.69) is 19.8 Å². The van der Waals surface area contributed by atoms with E-state index in [9.17, 15) is 9.90 Å². The molecule has 0 aromatic carbocycles. The maximum atomic E-state index is 12.3. The van der Waals surface area contributed by atoms with Crippen molar-refractivity contribution in [3.63, 3.8) is 0 Å². The van der Waals surface area contributed by atoms with E-state index in [-0.39, 0.29) is 22.5 Å². The van der Waals surface area contributed by atoms with Crippen LogP contribution in [-0.2, 0) is 4.79 Å². The molecule has 4 aliphatic carbocycles. The van der Waals surface area contributed by atoms with Gasteiger partial charge in [-0.25, -0.2) is 0 Å². The van der Waals surface area contributed by atoms with Gasteiger partial charge in [0.25, 0.3) is 0 Å². The van der Waals surface area contributed by atoms with Crippen LogP contribution in [0.3, 0.4) is 0 Å². The molecular weight excluding hydrogens is 310 g/mol. The van der Waals surface area contributed by atoms with Crippen LogP contribution in [0.1, 0.15) is 58.8 Å². The highest BCUT2D eigenvalue weighted by molar-refractivity contribution is 5.94. The summed E-state index contributed by atoms with van der Waals surface area (Å²) in [7, 11) is 0. The van der Waals surface area contributed by atoms with Gasteiger partial charge in [0.15, 0.2) is 5.78 Å². The second-order valence-corrected chi connectivity index (χ2v) is 9.54. The largest absolute Gasteiger partial charge is 0.377 e. The van der Waals surface area contributed by atoms with Crippen molar-refractivity contribution in [2.75, 3.05) is 6.54 Å². The lowest BCUT2D eigenvalue weighted by atomic mass is 9.46. The minimum atomic E-state index is -0.942. The van der Waals surface area contributed by atoms with Crippen molar-refractivity contribution in [1.82, 2.24) is 0 Å². The van der Waals surface area contributed by atoms with E-state index in [1.807, 2.05) is 6.08 Å². The molecule has 4 aliphatic rings. The molecule has 0 radical (unpaired) electrons. The Morgan fingerprint density at radius 2 is 2.00 bits per heavy atom. The Bertz CT molecular complexity index is 676. The molecule has 3 N–H and O–H groups in total. The summed E-state index contributed by atoms with van der Waals surface area (Å²) < 4.78 is 0. The molecule has 0 amide bonds. The summed E-state index contributed by atoms with van der Waals surface area (Å²) in [6, 6.07) is 0. The molecule has 3 heteroatoms. The zero-order valence-corrected chi connectivity index (χ0v) is 15.6. The Morgan fingerprint density at radius 3 is 2.68 bits per heavy atom. The van der Waals surface area contributed by atoms with Gasteiger partial charge in [0.1, 0.15) is 5.60 Å². The van der Waals surface area contributed by atoms with Crippen LogP contribution in [-0.4, -0.2) is 23.0 Å². The van der Waals surface area contributed by atoms with Gasteiger partial charge in [-0.2, -0.15) is 0 Å². The summed E-state index contributed by atoms with van der Waals surface area (Å²) in [6.07, 6.45) is 14.6. The maximum Gasteiger partial charge on any atom is 0.160 e. The smallest absolute Gasteiger partial charge is 0.160 e. The molecule has 3 fully saturated rings. The topological polar surface area (TPSA) is 63.3 Å². The van der Waals surface area contributed by atoms with Crippen LogP contribution in [0.4, 0.5) is 0 Å². The third kappa shape index (κ3) is 2.10. The van der Waals surface area contributed by atoms with Crippen LogP contribution in [0.25, 0.3) is 0 Å². The Labute approximate surface area is 151 Å². The van der Waals surface area contributed by atoms with E-state index in [4.69, 9.17) is 12.2 Å². The van der Waals surface area contributed by atoms with Crippen LogP contribution in [0.5, 0.6) is 0 Å². The molecule has 0 heterocycles. The number of ketones is 1. The number of nitrogens with two attached hydrogens (primary N) is 1. The Kier molecular flexibility index (Phi) is 3.77. The van der Waals surface area contributed by atoms with E-state index in [1.54, 1.807) is 0 Å². The second kappa shape index (κ2) is 5.44. The molecule has 3 saturated carbocycles. The summed E-state index contributed by atoms with van der Waals surface area (Å²) in [5, 5.41) is 11.0. The lowest BCUT2D eigenvalue weighted by Crippen LogP contribution is -2.55. The Morgan fingerprint density at radius 1 is 1.28 bits per heavy atom. The zero-order chi connectivity index (χ0) is 18.0. The van der Waals surface area contributed by atoms with E-state index >= 15 is 0 Å². The monoisotopic (exact) mass is 341 g/mol. The van der Waals surface area contributed by atoms with Crippen molar-refractivity contribution in [2.24, 2.45) is 40.2 Å². The Hall–Kier alpha value is -1.11. The van der Waals surface area contributed by atoms with Crippen molar-refractivity contribution in [1.29, 1.82) is 0 Å². The average molecular weight is 341 g/mol. The number of carbonyl (C=O) groups excluding carboxylic acids is 1. The highest BCUT2D eigenvalue weighted by atomic mass is 16.3. The standard InChI is InChI=1S/C22H31NO2/c1-4-22(25)10-8-18-16-6-5-15-11-19(24)14(13-23)12-20(15,2)17(16)7-9-21(18,22)3/h1,11,14,16-18,25H,5-10,12-13,23H2,2-3H3/t14?,16-,17+,18+,20+,21+,22+/m1/s1. The molecule has 1 unspecified atom stereocenters. The van der Waals surface area contributed by atoms with Crippen molar-refractivity contribution in [2.45, 2.75) is 64.4 Å². The van der Waals surface area contributed by atoms with Gasteiger partial charge < -0.3 is 10.8 Å². The molecule has 3 nitrogen and oxygen atoms in total. The number of hydrogen-bond donors (Lipinski definition) is 2. The Balaban J connectivity index is 1.70. The van der Waals surface area contributed by atoms with E-state index in [0.29, 0.717) is 24.3 Å². The molecule has 4 rings (SSSR count). The molecule has 25 heavy (non-hydrogen) atoms. The predicted molar refractivity (Wildman–Crippen MR) is 98.4 cm³/mol. The van der Waals surface area contributed by atoms with Crippen LogP contribution >= 0.6 is 0 Å². The first kappa shape index (κ1) is 17.3. The number of aliphatic hydroxyl groups is 1. The van der Waals surface area contributed by atoms with Gasteiger partial charge in [0.05, 0.1) is 0 Å². The number of terminal acetylenes is 1. The molecule has 0 saturated heterocycles. The van der Waals surface area contributed by atoms with Crippen LogP contribution in [0, 0.1) is 46.8 Å². The fraction of sp³-hybridized carbons (Fsp3) is 0.773. The third-order valence-corrected chi connectivity index (χ3v) is 8.80. The molecule has 0 aliphatic heterocycles. The minimum Gasteiger partial charge on any atom is -0.377 e. The van der Waals surface area contributed by atoms with Crippen molar-refractivity contribution >= 4 is 5.78 Å². The molecular formula is C22H31NO2. The average Bonchev–Trinajstić information content (AvgIpc) is 2.87. The third-order valence-electron chi connectivity index (χ3n) is 8.80. The van der Waals surface area contributed by atoms with Gasteiger partial charge >= 0.3 is 0 Å². The zero-order valence-electron chi connectivity index (χ0n) is 15.6. The maximum absolute atomic E-state index is 12.3. The molecule has 136 valence electrons. The first-order chi connectivity index (χ1) is 11.8. The van der Waals surface area contributed by atoms with Crippen LogP contribution in [0.15, 0.2) is 11.6 Å². The number of allylic oxidation sites excluding steroid dienone is 1. The van der Waals surface area contributed by atoms with Gasteiger partial charge in [0, 0.05) is 17.9 Å². The fourth-order valence-corrected chi connectivity index (χ4v) is 7.20. The minimum absolute atomic E-state index is 0.0213. The van der Waals surface area contributed by atoms with Gasteiger partial charge in [-0.05, 0) is 74.2 Å². The summed E-state index contributed by atoms with van der Waals surface area (Å²) in [5.74, 6) is 4.65. The van der Waals surface area contributed by atoms with Crippen LogP contribution < -0.4 is 5.73 Å². The fourth-order valence-electron chi connectivity index (χ4n) is 7.20. The number of carbonyl (C=O) groups is 1. The molecule has 0 aromatic rings. The number of rotatable bonds is 1. The summed E-state index contributed by atoms with van der Waals surface area (Å²) >= 11 is 0. The highest BCUT2D eigenvalue weighted by Gasteiger charge is 2.63. The molecule has 7 atom stereocenters. The molecule has 0 bridgehead atoms. The van der Waals surface area contributed by atoms with Crippen molar-refractivity contribution in [3.05, 3.63) is 11.6 Å². The number of fused-ring (bicyclic) bond motifs is 5. The normalized spacial score (nSPS) is 51.8. The van der Waals surface area contributed by atoms with E-state index in [0.717, 1.165) is 44.9 Å². The van der Waals surface area contributed by atoms with Gasteiger partial charge in [-0.3, -0.25) is 4.79 Å². The molecule has 0 spiro atoms. The molecule has 0 aromatic heterocycles. The first-order valence-corrected chi connectivity index (χ1v) is 9.94. The van der Waals surface area contributed by atoms with E-state index < -0.39 is 5.60 Å². The van der Waals surface area contributed by atoms with Gasteiger partial charge in [0.2, 0.25) is 0 Å². The summed E-state index contributed by atoms with van der Waals surface area (Å²) in [4.78, 5) is 12.3. The van der Waals surface area contributed by atoms with Gasteiger partial charge in [-0.15, -0.1) is 6.42 Å². The quantitative estimate of drug-likeness (QED) is 0.721. The summed E-state index contributed by atoms with van der Waals surface area (Å²) in [5.41, 5.74) is 6.26. The summed E-state index contributed by atoms with van der Waals surface area (Å²) in [6.45, 7) is 5.05. The lowest BCUT2D eigenvalue weighted by Gasteiger charge is -2.59. The highest BCUT2D eigenvalue weighted by Crippen LogP contribution is 2.67. The lowest BCUT2D eigenvalue weighted by molar-refractivity contribution is -0.124.